The highest BCUT2D eigenvalue weighted by molar-refractivity contribution is 5.75. The van der Waals surface area contributed by atoms with Gasteiger partial charge < -0.3 is 9.88 Å². The van der Waals surface area contributed by atoms with Gasteiger partial charge in [-0.2, -0.15) is 0 Å². The monoisotopic (exact) mass is 243 g/mol. The van der Waals surface area contributed by atoms with E-state index in [0.717, 1.165) is 18.5 Å². The van der Waals surface area contributed by atoms with E-state index in [9.17, 15) is 0 Å². The molecule has 1 aliphatic rings. The fraction of sp³-hybridized carbons (Fsp3) is 0.533. The molecule has 1 atom stereocenters. The summed E-state index contributed by atoms with van der Waals surface area (Å²) < 4.78 is 2.24. The van der Waals surface area contributed by atoms with E-state index < -0.39 is 0 Å². The summed E-state index contributed by atoms with van der Waals surface area (Å²) in [6.07, 6.45) is 4.77. The van der Waals surface area contributed by atoms with E-state index in [2.05, 4.69) is 48.1 Å². The molecule has 2 heterocycles. The molecule has 3 rings (SSSR count). The predicted molar refractivity (Wildman–Crippen MR) is 74.7 cm³/mol. The molecule has 2 aromatic rings. The van der Waals surface area contributed by atoms with Crippen molar-refractivity contribution in [1.82, 2.24) is 14.9 Å². The third kappa shape index (κ3) is 1.83. The maximum absolute atomic E-state index is 4.79. The SMILES string of the molecule is CCC1(Cc2nc3ccccc3n2C)CCCN1. The summed E-state index contributed by atoms with van der Waals surface area (Å²) in [5.41, 5.74) is 2.62. The van der Waals surface area contributed by atoms with Crippen LogP contribution in [0.15, 0.2) is 24.3 Å². The minimum absolute atomic E-state index is 0.273. The van der Waals surface area contributed by atoms with Crippen LogP contribution in [-0.2, 0) is 13.5 Å². The fourth-order valence-electron chi connectivity index (χ4n) is 3.10. The van der Waals surface area contributed by atoms with E-state index in [1.165, 1.54) is 30.6 Å². The van der Waals surface area contributed by atoms with Gasteiger partial charge >= 0.3 is 0 Å². The summed E-state index contributed by atoms with van der Waals surface area (Å²) in [7, 11) is 2.13. The summed E-state index contributed by atoms with van der Waals surface area (Å²) >= 11 is 0. The van der Waals surface area contributed by atoms with E-state index in [-0.39, 0.29) is 5.54 Å². The molecular formula is C15H21N3. The number of para-hydroxylation sites is 2. The largest absolute Gasteiger partial charge is 0.331 e. The molecule has 0 spiro atoms. The van der Waals surface area contributed by atoms with Crippen molar-refractivity contribution in [1.29, 1.82) is 0 Å². The van der Waals surface area contributed by atoms with Crippen molar-refractivity contribution >= 4 is 11.0 Å². The first-order valence-corrected chi connectivity index (χ1v) is 6.89. The molecule has 0 amide bonds. The Bertz CT molecular complexity index is 550. The summed E-state index contributed by atoms with van der Waals surface area (Å²) in [6.45, 7) is 3.43. The van der Waals surface area contributed by atoms with Crippen molar-refractivity contribution in [3.63, 3.8) is 0 Å². The van der Waals surface area contributed by atoms with Crippen LogP contribution in [0.5, 0.6) is 0 Å². The topological polar surface area (TPSA) is 29.9 Å². The predicted octanol–water partition coefficient (Wildman–Crippen LogP) is 2.65. The maximum Gasteiger partial charge on any atom is 0.111 e. The molecule has 1 aromatic carbocycles. The van der Waals surface area contributed by atoms with Gasteiger partial charge in [0.1, 0.15) is 5.82 Å². The van der Waals surface area contributed by atoms with Gasteiger partial charge in [0.15, 0.2) is 0 Å². The first kappa shape index (κ1) is 11.7. The third-order valence-corrected chi connectivity index (χ3v) is 4.39. The standard InChI is InChI=1S/C15H21N3/c1-3-15(9-6-10-16-15)11-14-17-12-7-4-5-8-13(12)18(14)2/h4-5,7-8,16H,3,6,9-11H2,1-2H3. The lowest BCUT2D eigenvalue weighted by Gasteiger charge is -2.27. The van der Waals surface area contributed by atoms with Gasteiger partial charge in [-0.3, -0.25) is 0 Å². The highest BCUT2D eigenvalue weighted by atomic mass is 15.1. The second kappa shape index (κ2) is 4.39. The Morgan fingerprint density at radius 1 is 1.39 bits per heavy atom. The number of nitrogens with zero attached hydrogens (tertiary/aromatic N) is 2. The number of hydrogen-bond donors (Lipinski definition) is 1. The van der Waals surface area contributed by atoms with Gasteiger partial charge in [-0.25, -0.2) is 4.98 Å². The van der Waals surface area contributed by atoms with Crippen molar-refractivity contribution < 1.29 is 0 Å². The molecule has 1 saturated heterocycles. The van der Waals surface area contributed by atoms with Crippen molar-refractivity contribution in [2.45, 2.75) is 38.1 Å². The van der Waals surface area contributed by atoms with E-state index in [1.807, 2.05) is 0 Å². The lowest BCUT2D eigenvalue weighted by atomic mass is 9.90. The van der Waals surface area contributed by atoms with Crippen molar-refractivity contribution in [3.8, 4) is 0 Å². The number of imidazole rings is 1. The van der Waals surface area contributed by atoms with Crippen molar-refractivity contribution in [2.24, 2.45) is 7.05 Å². The van der Waals surface area contributed by atoms with Gasteiger partial charge in [0.2, 0.25) is 0 Å². The first-order valence-electron chi connectivity index (χ1n) is 6.89. The molecule has 0 aliphatic carbocycles. The number of rotatable bonds is 3. The number of nitrogens with one attached hydrogen (secondary N) is 1. The Balaban J connectivity index is 1.97. The zero-order valence-electron chi connectivity index (χ0n) is 11.2. The lowest BCUT2D eigenvalue weighted by molar-refractivity contribution is 0.350. The molecular weight excluding hydrogens is 222 g/mol. The Kier molecular flexibility index (Phi) is 2.86. The summed E-state index contributed by atoms with van der Waals surface area (Å²) in [5.74, 6) is 1.20. The van der Waals surface area contributed by atoms with Crippen LogP contribution in [0.25, 0.3) is 11.0 Å². The van der Waals surface area contributed by atoms with Crippen LogP contribution < -0.4 is 5.32 Å². The minimum Gasteiger partial charge on any atom is -0.331 e. The van der Waals surface area contributed by atoms with Crippen LogP contribution in [0.2, 0.25) is 0 Å². The van der Waals surface area contributed by atoms with Crippen LogP contribution in [0.3, 0.4) is 0 Å². The maximum atomic E-state index is 4.79. The average Bonchev–Trinajstić information content (AvgIpc) is 2.98. The zero-order chi connectivity index (χ0) is 12.6. The smallest absolute Gasteiger partial charge is 0.111 e. The molecule has 1 N–H and O–H groups in total. The summed E-state index contributed by atoms with van der Waals surface area (Å²) in [5, 5.41) is 3.69. The normalized spacial score (nSPS) is 23.9. The molecule has 0 radical (unpaired) electrons. The van der Waals surface area contributed by atoms with Crippen LogP contribution in [0.4, 0.5) is 0 Å². The number of benzene rings is 1. The van der Waals surface area contributed by atoms with E-state index >= 15 is 0 Å². The quantitative estimate of drug-likeness (QED) is 0.898. The number of aromatic nitrogens is 2. The minimum atomic E-state index is 0.273. The molecule has 1 aliphatic heterocycles. The molecule has 0 saturated carbocycles. The second-order valence-electron chi connectivity index (χ2n) is 5.42. The molecule has 18 heavy (non-hydrogen) atoms. The van der Waals surface area contributed by atoms with E-state index in [4.69, 9.17) is 4.98 Å². The Morgan fingerprint density at radius 3 is 2.89 bits per heavy atom. The Labute approximate surface area is 108 Å². The highest BCUT2D eigenvalue weighted by Crippen LogP contribution is 2.28. The third-order valence-electron chi connectivity index (χ3n) is 4.39. The molecule has 1 unspecified atom stereocenters. The summed E-state index contributed by atoms with van der Waals surface area (Å²) in [4.78, 5) is 4.79. The Morgan fingerprint density at radius 2 is 2.22 bits per heavy atom. The number of fused-ring (bicyclic) bond motifs is 1. The molecule has 0 bridgehead atoms. The van der Waals surface area contributed by atoms with Gasteiger partial charge in [-0.1, -0.05) is 19.1 Å². The highest BCUT2D eigenvalue weighted by Gasteiger charge is 2.33. The van der Waals surface area contributed by atoms with Crippen LogP contribution in [-0.4, -0.2) is 21.6 Å². The average molecular weight is 243 g/mol. The van der Waals surface area contributed by atoms with Crippen LogP contribution in [0, 0.1) is 0 Å². The van der Waals surface area contributed by atoms with Gasteiger partial charge in [-0.15, -0.1) is 0 Å². The zero-order valence-corrected chi connectivity index (χ0v) is 11.2. The van der Waals surface area contributed by atoms with Crippen LogP contribution >= 0.6 is 0 Å². The second-order valence-corrected chi connectivity index (χ2v) is 5.42. The first-order chi connectivity index (χ1) is 8.74. The van der Waals surface area contributed by atoms with Gasteiger partial charge in [0, 0.05) is 19.0 Å². The molecule has 3 heteroatoms. The number of aryl methyl sites for hydroxylation is 1. The Hall–Kier alpha value is -1.35. The van der Waals surface area contributed by atoms with E-state index in [1.54, 1.807) is 0 Å². The van der Waals surface area contributed by atoms with Crippen LogP contribution in [0.1, 0.15) is 32.0 Å². The molecule has 1 fully saturated rings. The van der Waals surface area contributed by atoms with Gasteiger partial charge in [0.05, 0.1) is 11.0 Å². The van der Waals surface area contributed by atoms with Gasteiger partial charge in [-0.05, 0) is 37.9 Å². The fourth-order valence-corrected chi connectivity index (χ4v) is 3.10. The molecule has 96 valence electrons. The number of hydrogen-bond acceptors (Lipinski definition) is 2. The van der Waals surface area contributed by atoms with Crippen molar-refractivity contribution in [3.05, 3.63) is 30.1 Å². The van der Waals surface area contributed by atoms with E-state index in [0.29, 0.717) is 0 Å². The van der Waals surface area contributed by atoms with Crippen molar-refractivity contribution in [2.75, 3.05) is 6.54 Å². The molecule has 3 nitrogen and oxygen atoms in total. The molecule has 1 aromatic heterocycles. The van der Waals surface area contributed by atoms with Gasteiger partial charge in [0.25, 0.3) is 0 Å². The summed E-state index contributed by atoms with van der Waals surface area (Å²) in [6, 6.07) is 8.38. The lowest BCUT2D eigenvalue weighted by Crippen LogP contribution is -2.41.